The molecule has 1 heterocycles. The van der Waals surface area contributed by atoms with Gasteiger partial charge in [0.25, 0.3) is 5.91 Å². The third kappa shape index (κ3) is 3.62. The van der Waals surface area contributed by atoms with E-state index < -0.39 is 5.91 Å². The van der Waals surface area contributed by atoms with E-state index in [1.54, 1.807) is 16.8 Å². The Morgan fingerprint density at radius 1 is 1.12 bits per heavy atom. The predicted molar refractivity (Wildman–Crippen MR) is 99.8 cm³/mol. The molecule has 26 heavy (non-hydrogen) atoms. The summed E-state index contributed by atoms with van der Waals surface area (Å²) in [5.41, 5.74) is 7.27. The van der Waals surface area contributed by atoms with E-state index in [2.05, 4.69) is 5.32 Å². The Labute approximate surface area is 150 Å². The molecule has 3 N–H and O–H groups in total. The molecule has 0 aliphatic rings. The summed E-state index contributed by atoms with van der Waals surface area (Å²) in [6.07, 6.45) is 3.17. The summed E-state index contributed by atoms with van der Waals surface area (Å²) in [5.74, 6) is -0.964. The molecule has 0 aliphatic carbocycles. The van der Waals surface area contributed by atoms with Crippen LogP contribution in [0.2, 0.25) is 0 Å². The molecule has 6 heteroatoms. The lowest BCUT2D eigenvalue weighted by molar-refractivity contribution is -0.116. The first-order valence-electron chi connectivity index (χ1n) is 7.93. The summed E-state index contributed by atoms with van der Waals surface area (Å²) >= 11 is 0. The minimum atomic E-state index is -0.786. The van der Waals surface area contributed by atoms with Gasteiger partial charge in [-0.2, -0.15) is 5.26 Å². The van der Waals surface area contributed by atoms with Crippen molar-refractivity contribution in [1.82, 2.24) is 4.57 Å². The second kappa shape index (κ2) is 7.36. The number of para-hydroxylation sites is 2. The molecular weight excluding hydrogens is 328 g/mol. The quantitative estimate of drug-likeness (QED) is 0.549. The van der Waals surface area contributed by atoms with Crippen molar-refractivity contribution in [3.8, 4) is 6.07 Å². The van der Waals surface area contributed by atoms with Gasteiger partial charge < -0.3 is 15.6 Å². The highest BCUT2D eigenvalue weighted by Gasteiger charge is 2.12. The summed E-state index contributed by atoms with van der Waals surface area (Å²) in [5, 5.41) is 12.7. The number of benzene rings is 2. The van der Waals surface area contributed by atoms with Crippen molar-refractivity contribution in [2.45, 2.75) is 6.54 Å². The number of amides is 2. The minimum absolute atomic E-state index is 0.0989. The molecule has 128 valence electrons. The second-order valence-corrected chi connectivity index (χ2v) is 5.68. The standard InChI is InChI=1S/C20H16N4O2/c21-11-14(20(22)26)10-15-12-24(18-9-5-4-8-17(15)18)13-19(25)23-16-6-2-1-3-7-16/h1-10,12H,13H2,(H2,22,26)(H,23,25)/b14-10+. The molecular formula is C20H16N4O2. The van der Waals surface area contributed by atoms with Crippen LogP contribution in [-0.2, 0) is 16.1 Å². The molecule has 0 bridgehead atoms. The first kappa shape index (κ1) is 17.0. The highest BCUT2D eigenvalue weighted by Crippen LogP contribution is 2.23. The van der Waals surface area contributed by atoms with Gasteiger partial charge in [0.1, 0.15) is 18.2 Å². The van der Waals surface area contributed by atoms with E-state index in [0.29, 0.717) is 5.56 Å². The normalized spacial score (nSPS) is 11.1. The molecule has 0 saturated heterocycles. The third-order valence-corrected chi connectivity index (χ3v) is 3.88. The summed E-state index contributed by atoms with van der Waals surface area (Å²) in [6, 6.07) is 18.4. The van der Waals surface area contributed by atoms with Gasteiger partial charge in [0.2, 0.25) is 5.91 Å². The Morgan fingerprint density at radius 3 is 2.50 bits per heavy atom. The van der Waals surface area contributed by atoms with E-state index in [-0.39, 0.29) is 18.0 Å². The fourth-order valence-electron chi connectivity index (χ4n) is 2.71. The summed E-state index contributed by atoms with van der Waals surface area (Å²) in [4.78, 5) is 23.7. The maximum atomic E-state index is 12.3. The number of carbonyl (C=O) groups is 2. The van der Waals surface area contributed by atoms with E-state index >= 15 is 0 Å². The molecule has 0 fully saturated rings. The maximum Gasteiger partial charge on any atom is 0.259 e. The Bertz CT molecular complexity index is 1040. The van der Waals surface area contributed by atoms with Crippen LogP contribution in [0.4, 0.5) is 5.69 Å². The van der Waals surface area contributed by atoms with Crippen LogP contribution in [0.3, 0.4) is 0 Å². The number of hydrogen-bond donors (Lipinski definition) is 2. The summed E-state index contributed by atoms with van der Waals surface area (Å²) in [6.45, 7) is 0.0989. The van der Waals surface area contributed by atoms with Crippen LogP contribution in [0.5, 0.6) is 0 Å². The van der Waals surface area contributed by atoms with Gasteiger partial charge in [0.15, 0.2) is 0 Å². The molecule has 0 atom stereocenters. The monoisotopic (exact) mass is 344 g/mol. The van der Waals surface area contributed by atoms with Crippen LogP contribution in [0.15, 0.2) is 66.4 Å². The number of nitrogens with zero attached hydrogens (tertiary/aromatic N) is 2. The van der Waals surface area contributed by atoms with E-state index in [1.807, 2.05) is 54.6 Å². The van der Waals surface area contributed by atoms with Crippen molar-refractivity contribution in [3.63, 3.8) is 0 Å². The number of rotatable bonds is 5. The van der Waals surface area contributed by atoms with Gasteiger partial charge in [0, 0.05) is 28.4 Å². The summed E-state index contributed by atoms with van der Waals surface area (Å²) in [7, 11) is 0. The topological polar surface area (TPSA) is 101 Å². The van der Waals surface area contributed by atoms with Gasteiger partial charge in [-0.25, -0.2) is 0 Å². The van der Waals surface area contributed by atoms with Gasteiger partial charge in [-0.15, -0.1) is 0 Å². The Hall–Kier alpha value is -3.85. The van der Waals surface area contributed by atoms with Crippen LogP contribution in [0.25, 0.3) is 17.0 Å². The fourth-order valence-corrected chi connectivity index (χ4v) is 2.71. The third-order valence-electron chi connectivity index (χ3n) is 3.88. The van der Waals surface area contributed by atoms with E-state index in [4.69, 9.17) is 11.0 Å². The van der Waals surface area contributed by atoms with Gasteiger partial charge >= 0.3 is 0 Å². The van der Waals surface area contributed by atoms with E-state index in [1.165, 1.54) is 6.08 Å². The number of primary amides is 1. The molecule has 0 radical (unpaired) electrons. The molecule has 3 aromatic rings. The van der Waals surface area contributed by atoms with Crippen molar-refractivity contribution >= 4 is 34.5 Å². The molecule has 0 aliphatic heterocycles. The molecule has 6 nitrogen and oxygen atoms in total. The van der Waals surface area contributed by atoms with Crippen molar-refractivity contribution in [3.05, 3.63) is 71.9 Å². The highest BCUT2D eigenvalue weighted by atomic mass is 16.2. The lowest BCUT2D eigenvalue weighted by Crippen LogP contribution is -2.18. The Morgan fingerprint density at radius 2 is 1.81 bits per heavy atom. The summed E-state index contributed by atoms with van der Waals surface area (Å²) < 4.78 is 1.77. The van der Waals surface area contributed by atoms with Crippen LogP contribution in [-0.4, -0.2) is 16.4 Å². The molecule has 0 spiro atoms. The van der Waals surface area contributed by atoms with Crippen molar-refractivity contribution in [1.29, 1.82) is 5.26 Å². The van der Waals surface area contributed by atoms with Gasteiger partial charge in [0.05, 0.1) is 0 Å². The number of nitrogens with one attached hydrogen (secondary N) is 1. The zero-order valence-electron chi connectivity index (χ0n) is 13.8. The molecule has 3 rings (SSSR count). The average molecular weight is 344 g/mol. The Balaban J connectivity index is 1.93. The van der Waals surface area contributed by atoms with E-state index in [9.17, 15) is 9.59 Å². The van der Waals surface area contributed by atoms with Gasteiger partial charge in [-0.1, -0.05) is 36.4 Å². The van der Waals surface area contributed by atoms with Crippen molar-refractivity contribution < 1.29 is 9.59 Å². The zero-order chi connectivity index (χ0) is 18.5. The van der Waals surface area contributed by atoms with Gasteiger partial charge in [-0.3, -0.25) is 9.59 Å². The largest absolute Gasteiger partial charge is 0.365 e. The molecule has 2 aromatic carbocycles. The number of anilines is 1. The van der Waals surface area contributed by atoms with Gasteiger partial charge in [-0.05, 0) is 24.3 Å². The average Bonchev–Trinajstić information content (AvgIpc) is 2.98. The molecule has 0 saturated carbocycles. The second-order valence-electron chi connectivity index (χ2n) is 5.68. The van der Waals surface area contributed by atoms with Crippen molar-refractivity contribution in [2.75, 3.05) is 5.32 Å². The number of nitrogens with two attached hydrogens (primary N) is 1. The number of hydrogen-bond acceptors (Lipinski definition) is 3. The lowest BCUT2D eigenvalue weighted by Gasteiger charge is -2.07. The number of aromatic nitrogens is 1. The zero-order valence-corrected chi connectivity index (χ0v) is 13.8. The minimum Gasteiger partial charge on any atom is -0.365 e. The molecule has 0 unspecified atom stereocenters. The maximum absolute atomic E-state index is 12.3. The molecule has 1 aromatic heterocycles. The number of carbonyl (C=O) groups excluding carboxylic acids is 2. The van der Waals surface area contributed by atoms with E-state index in [0.717, 1.165) is 16.6 Å². The lowest BCUT2D eigenvalue weighted by atomic mass is 10.1. The van der Waals surface area contributed by atoms with Crippen LogP contribution >= 0.6 is 0 Å². The SMILES string of the molecule is N#C/C(=C\c1cn(CC(=O)Nc2ccccc2)c2ccccc12)C(N)=O. The predicted octanol–water partition coefficient (Wildman–Crippen LogP) is 2.67. The fraction of sp³-hybridized carbons (Fsp3) is 0.0500. The van der Waals surface area contributed by atoms with Crippen LogP contribution in [0, 0.1) is 11.3 Å². The Kier molecular flexibility index (Phi) is 4.81. The highest BCUT2D eigenvalue weighted by molar-refractivity contribution is 6.03. The first-order chi connectivity index (χ1) is 12.6. The smallest absolute Gasteiger partial charge is 0.259 e. The first-order valence-corrected chi connectivity index (χ1v) is 7.93. The number of fused-ring (bicyclic) bond motifs is 1. The van der Waals surface area contributed by atoms with Crippen LogP contribution < -0.4 is 11.1 Å². The number of nitriles is 1. The molecule has 2 amide bonds. The van der Waals surface area contributed by atoms with Crippen molar-refractivity contribution in [2.24, 2.45) is 5.73 Å². The van der Waals surface area contributed by atoms with Crippen LogP contribution in [0.1, 0.15) is 5.56 Å².